The highest BCUT2D eigenvalue weighted by atomic mass is 79.9. The van der Waals surface area contributed by atoms with Gasteiger partial charge in [-0.2, -0.15) is 0 Å². The molecule has 20 heavy (non-hydrogen) atoms. The smallest absolute Gasteiger partial charge is 0.338 e. The maximum Gasteiger partial charge on any atom is 0.338 e. The number of esters is 1. The summed E-state index contributed by atoms with van der Waals surface area (Å²) in [7, 11) is 1.30. The van der Waals surface area contributed by atoms with E-state index < -0.39 is 5.97 Å². The predicted octanol–water partition coefficient (Wildman–Crippen LogP) is 3.88. The number of carbonyl (C=O) groups excluding carboxylic acids is 1. The first kappa shape index (κ1) is 14.7. The Balaban J connectivity index is 2.71. The first-order chi connectivity index (χ1) is 9.43. The van der Waals surface area contributed by atoms with Gasteiger partial charge in [-0.1, -0.05) is 15.9 Å². The Bertz CT molecular complexity index is 664. The Labute approximate surface area is 125 Å². The second-order valence-electron chi connectivity index (χ2n) is 4.62. The standard InChI is InChI=1S/C15H15BrO4/c1-8(2)20-13-5-4-11(16)10-6-9(15(18)19-3)7-12(17)14(10)13/h4-8,17H,1-3H3. The Kier molecular flexibility index (Phi) is 4.18. The van der Waals surface area contributed by atoms with E-state index in [1.54, 1.807) is 12.1 Å². The van der Waals surface area contributed by atoms with Gasteiger partial charge in [-0.3, -0.25) is 0 Å². The van der Waals surface area contributed by atoms with Gasteiger partial charge in [0.2, 0.25) is 0 Å². The summed E-state index contributed by atoms with van der Waals surface area (Å²) in [6.07, 6.45) is -0.0148. The molecule has 0 unspecified atom stereocenters. The van der Waals surface area contributed by atoms with Crippen LogP contribution in [0.4, 0.5) is 0 Å². The number of fused-ring (bicyclic) bond motifs is 1. The number of phenols is 1. The van der Waals surface area contributed by atoms with E-state index in [0.29, 0.717) is 22.1 Å². The molecule has 0 aliphatic carbocycles. The fourth-order valence-electron chi connectivity index (χ4n) is 1.98. The number of benzene rings is 2. The van der Waals surface area contributed by atoms with Gasteiger partial charge in [0.25, 0.3) is 0 Å². The van der Waals surface area contributed by atoms with Crippen LogP contribution in [0.25, 0.3) is 10.8 Å². The normalized spacial score (nSPS) is 10.8. The minimum absolute atomic E-state index is 0.0140. The van der Waals surface area contributed by atoms with Gasteiger partial charge in [0.15, 0.2) is 0 Å². The molecule has 0 radical (unpaired) electrons. The third-order valence-electron chi connectivity index (χ3n) is 2.79. The molecule has 5 heteroatoms. The summed E-state index contributed by atoms with van der Waals surface area (Å²) in [6.45, 7) is 3.82. The number of rotatable bonds is 3. The number of phenolic OH excluding ortho intramolecular Hbond substituents is 1. The summed E-state index contributed by atoms with van der Waals surface area (Å²) in [5.41, 5.74) is 0.292. The summed E-state index contributed by atoms with van der Waals surface area (Å²) >= 11 is 3.42. The second-order valence-corrected chi connectivity index (χ2v) is 5.48. The minimum Gasteiger partial charge on any atom is -0.507 e. The van der Waals surface area contributed by atoms with Crippen LogP contribution in [0.3, 0.4) is 0 Å². The highest BCUT2D eigenvalue weighted by Crippen LogP contribution is 2.39. The van der Waals surface area contributed by atoms with E-state index in [2.05, 4.69) is 20.7 Å². The van der Waals surface area contributed by atoms with Crippen molar-refractivity contribution in [1.29, 1.82) is 0 Å². The van der Waals surface area contributed by atoms with Gasteiger partial charge in [0.05, 0.1) is 24.2 Å². The van der Waals surface area contributed by atoms with Crippen LogP contribution in [0, 0.1) is 0 Å². The van der Waals surface area contributed by atoms with Crippen LogP contribution in [0.2, 0.25) is 0 Å². The lowest BCUT2D eigenvalue weighted by molar-refractivity contribution is 0.0600. The molecule has 106 valence electrons. The molecule has 0 fully saturated rings. The Morgan fingerprint density at radius 3 is 2.60 bits per heavy atom. The van der Waals surface area contributed by atoms with E-state index >= 15 is 0 Å². The van der Waals surface area contributed by atoms with Crippen LogP contribution < -0.4 is 4.74 Å². The predicted molar refractivity (Wildman–Crippen MR) is 80.4 cm³/mol. The zero-order chi connectivity index (χ0) is 14.9. The van der Waals surface area contributed by atoms with Crippen molar-refractivity contribution in [1.82, 2.24) is 0 Å². The SMILES string of the molecule is COC(=O)c1cc(O)c2c(OC(C)C)ccc(Br)c2c1. The highest BCUT2D eigenvalue weighted by molar-refractivity contribution is 9.10. The van der Waals surface area contributed by atoms with Gasteiger partial charge in [-0.05, 0) is 38.1 Å². The molecule has 0 spiro atoms. The van der Waals surface area contributed by atoms with Crippen LogP contribution in [0.5, 0.6) is 11.5 Å². The molecule has 1 N–H and O–H groups in total. The molecule has 4 nitrogen and oxygen atoms in total. The molecule has 0 aliphatic heterocycles. The molecule has 0 saturated heterocycles. The van der Waals surface area contributed by atoms with E-state index in [1.807, 2.05) is 19.9 Å². The van der Waals surface area contributed by atoms with Crippen molar-refractivity contribution in [3.05, 3.63) is 34.3 Å². The highest BCUT2D eigenvalue weighted by Gasteiger charge is 2.16. The van der Waals surface area contributed by atoms with Crippen molar-refractivity contribution in [3.8, 4) is 11.5 Å². The molecule has 2 aromatic carbocycles. The minimum atomic E-state index is -0.496. The molecule has 0 saturated carbocycles. The number of ether oxygens (including phenoxy) is 2. The van der Waals surface area contributed by atoms with Crippen molar-refractivity contribution in [2.45, 2.75) is 20.0 Å². The number of methoxy groups -OCH3 is 1. The van der Waals surface area contributed by atoms with Crippen LogP contribution in [-0.2, 0) is 4.74 Å². The van der Waals surface area contributed by atoms with E-state index in [-0.39, 0.29) is 11.9 Å². The van der Waals surface area contributed by atoms with Gasteiger partial charge in [-0.15, -0.1) is 0 Å². The maximum atomic E-state index is 11.6. The van der Waals surface area contributed by atoms with Crippen molar-refractivity contribution >= 4 is 32.7 Å². The molecule has 0 bridgehead atoms. The number of aromatic hydroxyl groups is 1. The second kappa shape index (κ2) is 5.71. The van der Waals surface area contributed by atoms with Crippen molar-refractivity contribution in [2.75, 3.05) is 7.11 Å². The fraction of sp³-hybridized carbons (Fsp3) is 0.267. The number of hydrogen-bond acceptors (Lipinski definition) is 4. The Morgan fingerprint density at radius 2 is 2.00 bits per heavy atom. The molecule has 0 heterocycles. The van der Waals surface area contributed by atoms with E-state index in [4.69, 9.17) is 4.74 Å². The largest absolute Gasteiger partial charge is 0.507 e. The van der Waals surface area contributed by atoms with Gasteiger partial charge in [0, 0.05) is 9.86 Å². The lowest BCUT2D eigenvalue weighted by Gasteiger charge is -2.15. The summed E-state index contributed by atoms with van der Waals surface area (Å²) < 4.78 is 11.1. The van der Waals surface area contributed by atoms with Crippen molar-refractivity contribution in [2.24, 2.45) is 0 Å². The molecule has 0 aromatic heterocycles. The van der Waals surface area contributed by atoms with Crippen LogP contribution in [0.15, 0.2) is 28.7 Å². The summed E-state index contributed by atoms with van der Waals surface area (Å²) in [5.74, 6) is 0.0660. The quantitative estimate of drug-likeness (QED) is 0.863. The average Bonchev–Trinajstić information content (AvgIpc) is 2.40. The Hall–Kier alpha value is -1.75. The van der Waals surface area contributed by atoms with Gasteiger partial charge in [-0.25, -0.2) is 4.79 Å². The van der Waals surface area contributed by atoms with E-state index in [1.165, 1.54) is 13.2 Å². The summed E-state index contributed by atoms with van der Waals surface area (Å²) in [5, 5.41) is 11.5. The molecule has 0 aliphatic rings. The molecule has 2 rings (SSSR count). The first-order valence-corrected chi connectivity index (χ1v) is 6.93. The molecule has 0 atom stereocenters. The third-order valence-corrected chi connectivity index (χ3v) is 3.48. The van der Waals surface area contributed by atoms with Crippen molar-refractivity contribution < 1.29 is 19.4 Å². The van der Waals surface area contributed by atoms with E-state index in [9.17, 15) is 9.90 Å². The van der Waals surface area contributed by atoms with Gasteiger partial charge in [0.1, 0.15) is 11.5 Å². The molecular formula is C15H15BrO4. The molecular weight excluding hydrogens is 324 g/mol. The fourth-order valence-corrected chi connectivity index (χ4v) is 2.43. The lowest BCUT2D eigenvalue weighted by Crippen LogP contribution is -2.06. The van der Waals surface area contributed by atoms with Crippen LogP contribution in [-0.4, -0.2) is 24.3 Å². The Morgan fingerprint density at radius 1 is 1.30 bits per heavy atom. The topological polar surface area (TPSA) is 55.8 Å². The zero-order valence-electron chi connectivity index (χ0n) is 11.4. The molecule has 0 amide bonds. The lowest BCUT2D eigenvalue weighted by atomic mass is 10.0. The van der Waals surface area contributed by atoms with Gasteiger partial charge >= 0.3 is 5.97 Å². The first-order valence-electron chi connectivity index (χ1n) is 6.14. The van der Waals surface area contributed by atoms with Crippen molar-refractivity contribution in [3.63, 3.8) is 0 Å². The number of carbonyl (C=O) groups is 1. The van der Waals surface area contributed by atoms with E-state index in [0.717, 1.165) is 4.47 Å². The van der Waals surface area contributed by atoms with Gasteiger partial charge < -0.3 is 14.6 Å². The zero-order valence-corrected chi connectivity index (χ0v) is 13.0. The summed E-state index contributed by atoms with van der Waals surface area (Å²) in [6, 6.07) is 6.65. The third kappa shape index (κ3) is 2.72. The monoisotopic (exact) mass is 338 g/mol. The summed E-state index contributed by atoms with van der Waals surface area (Å²) in [4.78, 5) is 11.6. The number of halogens is 1. The average molecular weight is 339 g/mol. The van der Waals surface area contributed by atoms with Crippen LogP contribution in [0.1, 0.15) is 24.2 Å². The van der Waals surface area contributed by atoms with Crippen LogP contribution >= 0.6 is 15.9 Å². The maximum absolute atomic E-state index is 11.6. The number of hydrogen-bond donors (Lipinski definition) is 1. The molecule has 2 aromatic rings.